The van der Waals surface area contributed by atoms with Crippen LogP contribution in [0.25, 0.3) is 0 Å². The zero-order valence-electron chi connectivity index (χ0n) is 8.18. The molecule has 0 saturated carbocycles. The second-order valence-electron chi connectivity index (χ2n) is 3.43. The lowest BCUT2D eigenvalue weighted by atomic mass is 10.2. The number of anilines is 2. The van der Waals surface area contributed by atoms with Crippen molar-refractivity contribution < 1.29 is 4.74 Å². The van der Waals surface area contributed by atoms with Crippen LogP contribution in [0.2, 0.25) is 0 Å². The van der Waals surface area contributed by atoms with E-state index in [2.05, 4.69) is 14.9 Å². The number of nitrogens with zero attached hydrogens (tertiary/aromatic N) is 3. The van der Waals surface area contributed by atoms with Crippen molar-refractivity contribution >= 4 is 11.5 Å². The van der Waals surface area contributed by atoms with Crippen molar-refractivity contribution in [3.63, 3.8) is 0 Å². The molecule has 0 aromatic carbocycles. The Kier molecular flexibility index (Phi) is 2.49. The number of aromatic nitrogens is 2. The first-order valence-corrected chi connectivity index (χ1v) is 4.65. The molecular formula is C9H14N4O. The molecule has 2 N–H and O–H groups in total. The molecule has 0 bridgehead atoms. The van der Waals surface area contributed by atoms with Crippen molar-refractivity contribution in [3.05, 3.63) is 12.5 Å². The monoisotopic (exact) mass is 194 g/mol. The van der Waals surface area contributed by atoms with E-state index in [1.54, 1.807) is 6.20 Å². The number of likely N-dealkylation sites (N-methyl/N-ethyl adjacent to an activating group) is 1. The summed E-state index contributed by atoms with van der Waals surface area (Å²) in [4.78, 5) is 10.1. The SMILES string of the molecule is CN(c1ncncc1N)C1CCOC1. The molecule has 1 aliphatic heterocycles. The molecule has 1 aromatic heterocycles. The summed E-state index contributed by atoms with van der Waals surface area (Å²) >= 11 is 0. The summed E-state index contributed by atoms with van der Waals surface area (Å²) in [6.45, 7) is 1.57. The third-order valence-corrected chi connectivity index (χ3v) is 2.51. The lowest BCUT2D eigenvalue weighted by Gasteiger charge is -2.24. The van der Waals surface area contributed by atoms with Crippen LogP contribution >= 0.6 is 0 Å². The third-order valence-electron chi connectivity index (χ3n) is 2.51. The normalized spacial score (nSPS) is 21.1. The maximum atomic E-state index is 5.78. The zero-order chi connectivity index (χ0) is 9.97. The Hall–Kier alpha value is -1.36. The number of nitrogens with two attached hydrogens (primary N) is 1. The molecule has 0 amide bonds. The molecule has 76 valence electrons. The highest BCUT2D eigenvalue weighted by molar-refractivity contribution is 5.61. The molecule has 1 unspecified atom stereocenters. The Morgan fingerprint density at radius 3 is 3.14 bits per heavy atom. The summed E-state index contributed by atoms with van der Waals surface area (Å²) in [5.74, 6) is 0.788. The number of rotatable bonds is 2. The minimum Gasteiger partial charge on any atom is -0.394 e. The van der Waals surface area contributed by atoms with Gasteiger partial charge in [-0.3, -0.25) is 0 Å². The number of hydrogen-bond donors (Lipinski definition) is 1. The largest absolute Gasteiger partial charge is 0.394 e. The van der Waals surface area contributed by atoms with Gasteiger partial charge in [0.05, 0.1) is 24.5 Å². The van der Waals surface area contributed by atoms with Gasteiger partial charge in [-0.2, -0.15) is 0 Å². The van der Waals surface area contributed by atoms with Crippen LogP contribution in [-0.2, 0) is 4.74 Å². The van der Waals surface area contributed by atoms with E-state index in [1.165, 1.54) is 6.33 Å². The molecule has 2 heterocycles. The molecule has 1 aromatic rings. The van der Waals surface area contributed by atoms with Gasteiger partial charge in [-0.25, -0.2) is 9.97 Å². The highest BCUT2D eigenvalue weighted by Gasteiger charge is 2.22. The molecular weight excluding hydrogens is 180 g/mol. The standard InChI is InChI=1S/C9H14N4O/c1-13(7-2-3-14-5-7)9-8(10)4-11-6-12-9/h4,6-7H,2-3,5,10H2,1H3. The van der Waals surface area contributed by atoms with Gasteiger partial charge in [0.25, 0.3) is 0 Å². The van der Waals surface area contributed by atoms with Crippen LogP contribution in [0.3, 0.4) is 0 Å². The van der Waals surface area contributed by atoms with Crippen LogP contribution in [0.15, 0.2) is 12.5 Å². The molecule has 0 spiro atoms. The minimum absolute atomic E-state index is 0.382. The summed E-state index contributed by atoms with van der Waals surface area (Å²) in [7, 11) is 1.98. The predicted molar refractivity (Wildman–Crippen MR) is 54.1 cm³/mol. The maximum absolute atomic E-state index is 5.78. The summed E-state index contributed by atoms with van der Waals surface area (Å²) in [6.07, 6.45) is 4.16. The van der Waals surface area contributed by atoms with Crippen molar-refractivity contribution in [3.8, 4) is 0 Å². The zero-order valence-corrected chi connectivity index (χ0v) is 8.18. The first kappa shape index (κ1) is 9.21. The molecule has 0 aliphatic carbocycles. The van der Waals surface area contributed by atoms with Gasteiger partial charge in [0.2, 0.25) is 0 Å². The number of ether oxygens (including phenoxy) is 1. The minimum atomic E-state index is 0.382. The second kappa shape index (κ2) is 3.79. The highest BCUT2D eigenvalue weighted by atomic mass is 16.5. The van der Waals surface area contributed by atoms with Crippen molar-refractivity contribution in [1.82, 2.24) is 9.97 Å². The topological polar surface area (TPSA) is 64.3 Å². The van der Waals surface area contributed by atoms with Gasteiger partial charge in [-0.15, -0.1) is 0 Å². The van der Waals surface area contributed by atoms with E-state index in [9.17, 15) is 0 Å². The summed E-state index contributed by atoms with van der Waals surface area (Å²) in [6, 6.07) is 0.382. The van der Waals surface area contributed by atoms with Crippen molar-refractivity contribution in [2.45, 2.75) is 12.5 Å². The van der Waals surface area contributed by atoms with E-state index in [0.29, 0.717) is 11.7 Å². The van der Waals surface area contributed by atoms with Gasteiger partial charge in [-0.1, -0.05) is 0 Å². The van der Waals surface area contributed by atoms with Crippen molar-refractivity contribution in [2.75, 3.05) is 30.9 Å². The van der Waals surface area contributed by atoms with E-state index in [1.807, 2.05) is 7.05 Å². The fraction of sp³-hybridized carbons (Fsp3) is 0.556. The fourth-order valence-corrected chi connectivity index (χ4v) is 1.63. The van der Waals surface area contributed by atoms with Crippen molar-refractivity contribution in [2.24, 2.45) is 0 Å². The number of nitrogen functional groups attached to an aromatic ring is 1. The van der Waals surface area contributed by atoms with Gasteiger partial charge < -0.3 is 15.4 Å². The Bertz CT molecular complexity index is 311. The van der Waals surface area contributed by atoms with E-state index in [0.717, 1.165) is 25.5 Å². The molecule has 1 aliphatic rings. The maximum Gasteiger partial charge on any atom is 0.155 e. The molecule has 0 radical (unpaired) electrons. The predicted octanol–water partition coefficient (Wildman–Crippen LogP) is 0.284. The van der Waals surface area contributed by atoms with Crippen LogP contribution in [0.4, 0.5) is 11.5 Å². The van der Waals surface area contributed by atoms with Gasteiger partial charge >= 0.3 is 0 Å². The third kappa shape index (κ3) is 1.63. The van der Waals surface area contributed by atoms with Gasteiger partial charge in [0, 0.05) is 13.7 Å². The average Bonchev–Trinajstić information content (AvgIpc) is 2.70. The molecule has 2 rings (SSSR count). The van der Waals surface area contributed by atoms with E-state index in [4.69, 9.17) is 10.5 Å². The summed E-state index contributed by atoms with van der Waals surface area (Å²) in [5, 5.41) is 0. The molecule has 5 nitrogen and oxygen atoms in total. The molecule has 1 fully saturated rings. The smallest absolute Gasteiger partial charge is 0.155 e. The second-order valence-corrected chi connectivity index (χ2v) is 3.43. The lowest BCUT2D eigenvalue weighted by molar-refractivity contribution is 0.193. The van der Waals surface area contributed by atoms with E-state index < -0.39 is 0 Å². The van der Waals surface area contributed by atoms with Crippen LogP contribution in [0.1, 0.15) is 6.42 Å². The van der Waals surface area contributed by atoms with Gasteiger partial charge in [0.15, 0.2) is 5.82 Å². The summed E-state index contributed by atoms with van der Waals surface area (Å²) in [5.41, 5.74) is 6.39. The van der Waals surface area contributed by atoms with E-state index >= 15 is 0 Å². The molecule has 1 atom stereocenters. The van der Waals surface area contributed by atoms with E-state index in [-0.39, 0.29) is 0 Å². The van der Waals surface area contributed by atoms with Crippen LogP contribution in [0, 0.1) is 0 Å². The Labute approximate surface area is 82.9 Å². The highest BCUT2D eigenvalue weighted by Crippen LogP contribution is 2.22. The Morgan fingerprint density at radius 1 is 1.64 bits per heavy atom. The Balaban J connectivity index is 2.17. The molecule has 5 heteroatoms. The average molecular weight is 194 g/mol. The quantitative estimate of drug-likeness (QED) is 0.732. The molecule has 1 saturated heterocycles. The Morgan fingerprint density at radius 2 is 2.50 bits per heavy atom. The van der Waals surface area contributed by atoms with Crippen LogP contribution < -0.4 is 10.6 Å². The first-order valence-electron chi connectivity index (χ1n) is 4.65. The van der Waals surface area contributed by atoms with Crippen molar-refractivity contribution in [1.29, 1.82) is 0 Å². The van der Waals surface area contributed by atoms with Gasteiger partial charge in [-0.05, 0) is 6.42 Å². The van der Waals surface area contributed by atoms with Gasteiger partial charge in [0.1, 0.15) is 6.33 Å². The fourth-order valence-electron chi connectivity index (χ4n) is 1.63. The molecule has 14 heavy (non-hydrogen) atoms. The number of hydrogen-bond acceptors (Lipinski definition) is 5. The summed E-state index contributed by atoms with van der Waals surface area (Å²) < 4.78 is 5.31. The van der Waals surface area contributed by atoms with Crippen LogP contribution in [0.5, 0.6) is 0 Å². The first-order chi connectivity index (χ1) is 6.79. The lowest BCUT2D eigenvalue weighted by Crippen LogP contribution is -2.33. The van der Waals surface area contributed by atoms with Crippen LogP contribution in [-0.4, -0.2) is 36.3 Å².